The van der Waals surface area contributed by atoms with Crippen LogP contribution in [0.4, 0.5) is 10.5 Å². The summed E-state index contributed by atoms with van der Waals surface area (Å²) >= 11 is 0. The quantitative estimate of drug-likeness (QED) is 0.371. The van der Waals surface area contributed by atoms with Crippen molar-refractivity contribution in [2.45, 2.75) is 82.8 Å². The molecule has 0 radical (unpaired) electrons. The Balaban J connectivity index is 0.943. The number of carbonyl (C=O) groups is 3. The van der Waals surface area contributed by atoms with Gasteiger partial charge in [-0.25, -0.2) is 9.78 Å². The van der Waals surface area contributed by atoms with Crippen LogP contribution in [0, 0.1) is 17.3 Å². The van der Waals surface area contributed by atoms with Gasteiger partial charge in [-0.2, -0.15) is 0 Å². The number of benzene rings is 2. The van der Waals surface area contributed by atoms with Gasteiger partial charge < -0.3 is 34.3 Å². The van der Waals surface area contributed by atoms with Crippen LogP contribution in [-0.2, 0) is 11.2 Å². The number of aromatic nitrogens is 1. The molecule has 0 spiro atoms. The average Bonchev–Trinajstić information content (AvgIpc) is 3.79. The SMILES string of the molecule is CN1CCN(C(=O)Oc2cc3c(cc2N2CCN(C(=O)[C@@H]4CCCN4C(=O)c4ccc5ccccc5n4)CC2)[C@H]2CC[C@@]4(C)[C@@H](CC[C@]4(C)O)[C@@H]2CC3)CC1. The number of likely N-dealkylation sites (tertiary alicyclic amines) is 1. The van der Waals surface area contributed by atoms with Crippen molar-refractivity contribution in [2.75, 3.05) is 70.9 Å². The Hall–Kier alpha value is -4.22. The lowest BCUT2D eigenvalue weighted by Gasteiger charge is -2.52. The molecule has 2 saturated carbocycles. The molecule has 1 aromatic heterocycles. The molecule has 5 fully saturated rings. The minimum absolute atomic E-state index is 0.000934. The van der Waals surface area contributed by atoms with Crippen molar-refractivity contribution in [3.63, 3.8) is 0 Å². The molecule has 3 amide bonds. The summed E-state index contributed by atoms with van der Waals surface area (Å²) < 4.78 is 6.32. The van der Waals surface area contributed by atoms with Crippen LogP contribution in [0.15, 0.2) is 48.5 Å². The number of aryl methyl sites for hydroxylation is 1. The van der Waals surface area contributed by atoms with E-state index in [-0.39, 0.29) is 23.3 Å². The molecule has 1 N–H and O–H groups in total. The highest BCUT2D eigenvalue weighted by Crippen LogP contribution is 2.64. The Bertz CT molecular complexity index is 1990. The second-order valence-electron chi connectivity index (χ2n) is 17.7. The zero-order valence-electron chi connectivity index (χ0n) is 32.7. The number of nitrogens with zero attached hydrogens (tertiary/aromatic N) is 6. The predicted octanol–water partition coefficient (Wildman–Crippen LogP) is 5.54. The van der Waals surface area contributed by atoms with E-state index >= 15 is 0 Å². The van der Waals surface area contributed by atoms with Crippen molar-refractivity contribution < 1.29 is 24.2 Å². The fourth-order valence-corrected chi connectivity index (χ4v) is 11.3. The van der Waals surface area contributed by atoms with Gasteiger partial charge in [0, 0.05) is 64.3 Å². The van der Waals surface area contributed by atoms with Crippen LogP contribution in [0.1, 0.15) is 86.3 Å². The Morgan fingerprint density at radius 2 is 1.60 bits per heavy atom. The molecule has 4 heterocycles. The number of fused-ring (bicyclic) bond motifs is 6. The number of carbonyl (C=O) groups excluding carboxylic acids is 3. The molecule has 0 bridgehead atoms. The zero-order chi connectivity index (χ0) is 38.1. The van der Waals surface area contributed by atoms with E-state index in [1.165, 1.54) is 11.1 Å². The molecular formula is C44H56N6O5. The molecule has 3 saturated heterocycles. The minimum atomic E-state index is -0.622. The van der Waals surface area contributed by atoms with E-state index in [9.17, 15) is 19.5 Å². The minimum Gasteiger partial charge on any atom is -0.408 e. The Morgan fingerprint density at radius 3 is 2.40 bits per heavy atom. The molecule has 3 aromatic rings. The van der Waals surface area contributed by atoms with E-state index in [1.54, 1.807) is 11.0 Å². The smallest absolute Gasteiger partial charge is 0.408 e. The molecule has 6 atom stereocenters. The lowest BCUT2D eigenvalue weighted by molar-refractivity contribution is -0.135. The van der Waals surface area contributed by atoms with Gasteiger partial charge in [-0.05, 0) is 124 Å². The van der Waals surface area contributed by atoms with Crippen LogP contribution >= 0.6 is 0 Å². The van der Waals surface area contributed by atoms with Crippen LogP contribution in [0.3, 0.4) is 0 Å². The van der Waals surface area contributed by atoms with Gasteiger partial charge in [0.2, 0.25) is 5.91 Å². The standard InChI is InChI=1S/C44H56N6O5/c1-43-16-14-31-32(34(43)15-17-44(43,2)54)12-10-30-27-39(55-42(53)49-21-19-46(3)20-22-49)38(28-33(30)31)47-23-25-48(26-24-47)41(52)37-9-6-18-50(37)40(51)36-13-11-29-7-4-5-8-35(29)45-36/h4-5,7-8,11,13,27-28,31-32,34,37,54H,6,9-10,12,14-26H2,1-3H3/t31-,32+,34-,37-,43-,44-/m0/s1. The van der Waals surface area contributed by atoms with E-state index in [2.05, 4.69) is 47.8 Å². The normalized spacial score (nSPS) is 30.9. The van der Waals surface area contributed by atoms with E-state index in [1.807, 2.05) is 40.1 Å². The number of anilines is 1. The summed E-state index contributed by atoms with van der Waals surface area (Å²) in [5.41, 5.74) is 4.05. The number of hydrogen-bond acceptors (Lipinski definition) is 8. The molecule has 292 valence electrons. The molecule has 3 aliphatic heterocycles. The van der Waals surface area contributed by atoms with Gasteiger partial charge >= 0.3 is 6.09 Å². The first-order chi connectivity index (χ1) is 26.5. The van der Waals surface area contributed by atoms with Gasteiger partial charge in [0.15, 0.2) is 5.75 Å². The first kappa shape index (κ1) is 36.4. The van der Waals surface area contributed by atoms with Crippen molar-refractivity contribution in [1.29, 1.82) is 0 Å². The summed E-state index contributed by atoms with van der Waals surface area (Å²) in [5.74, 6) is 1.87. The van der Waals surface area contributed by atoms with Crippen molar-refractivity contribution in [3.05, 3.63) is 65.4 Å². The maximum Gasteiger partial charge on any atom is 0.415 e. The highest BCUT2D eigenvalue weighted by molar-refractivity contribution is 5.98. The summed E-state index contributed by atoms with van der Waals surface area (Å²) in [6.07, 6.45) is 7.17. The fourth-order valence-electron chi connectivity index (χ4n) is 11.3. The van der Waals surface area contributed by atoms with Crippen LogP contribution in [0.25, 0.3) is 10.9 Å². The van der Waals surface area contributed by atoms with Gasteiger partial charge in [-0.3, -0.25) is 9.59 Å². The lowest BCUT2D eigenvalue weighted by atomic mass is 9.53. The van der Waals surface area contributed by atoms with Gasteiger partial charge in [-0.1, -0.05) is 31.2 Å². The maximum absolute atomic E-state index is 14.1. The topological polar surface area (TPSA) is 110 Å². The summed E-state index contributed by atoms with van der Waals surface area (Å²) in [6, 6.07) is 15.4. The highest BCUT2D eigenvalue weighted by atomic mass is 16.6. The van der Waals surface area contributed by atoms with Crippen molar-refractivity contribution >= 4 is 34.5 Å². The Kier molecular flexibility index (Phi) is 9.31. The molecule has 11 heteroatoms. The lowest BCUT2D eigenvalue weighted by Crippen LogP contribution is -2.54. The molecule has 6 aliphatic rings. The third kappa shape index (κ3) is 6.35. The molecule has 55 heavy (non-hydrogen) atoms. The molecule has 0 unspecified atom stereocenters. The number of para-hydroxylation sites is 1. The number of pyridine rings is 1. The van der Waals surface area contributed by atoms with Gasteiger partial charge in [-0.15, -0.1) is 0 Å². The van der Waals surface area contributed by atoms with Crippen LogP contribution in [0.5, 0.6) is 5.75 Å². The van der Waals surface area contributed by atoms with Crippen molar-refractivity contribution in [2.24, 2.45) is 17.3 Å². The van der Waals surface area contributed by atoms with E-state index in [0.29, 0.717) is 81.4 Å². The summed E-state index contributed by atoms with van der Waals surface area (Å²) in [5, 5.41) is 12.4. The zero-order valence-corrected chi connectivity index (χ0v) is 32.7. The van der Waals surface area contributed by atoms with E-state index < -0.39 is 11.6 Å². The predicted molar refractivity (Wildman–Crippen MR) is 211 cm³/mol. The first-order valence-corrected chi connectivity index (χ1v) is 20.8. The Labute approximate surface area is 324 Å². The van der Waals surface area contributed by atoms with Crippen molar-refractivity contribution in [1.82, 2.24) is 24.6 Å². The largest absolute Gasteiger partial charge is 0.415 e. The number of likely N-dealkylation sites (N-methyl/N-ethyl adjacent to an activating group) is 1. The third-order valence-electron chi connectivity index (χ3n) is 14.9. The molecule has 9 rings (SSSR count). The third-order valence-corrected chi connectivity index (χ3v) is 14.9. The van der Waals surface area contributed by atoms with Crippen LogP contribution < -0.4 is 9.64 Å². The van der Waals surface area contributed by atoms with E-state index in [4.69, 9.17) is 4.74 Å². The first-order valence-electron chi connectivity index (χ1n) is 20.8. The molecule has 2 aromatic carbocycles. The number of ether oxygens (including phenoxy) is 1. The van der Waals surface area contributed by atoms with Gasteiger partial charge in [0.1, 0.15) is 11.7 Å². The van der Waals surface area contributed by atoms with Crippen LogP contribution in [0.2, 0.25) is 0 Å². The fraction of sp³-hybridized carbons (Fsp3) is 0.591. The number of hydrogen-bond donors (Lipinski definition) is 1. The number of piperazine rings is 2. The maximum atomic E-state index is 14.1. The monoisotopic (exact) mass is 748 g/mol. The molecule has 3 aliphatic carbocycles. The Morgan fingerprint density at radius 1 is 0.836 bits per heavy atom. The summed E-state index contributed by atoms with van der Waals surface area (Å²) in [7, 11) is 2.08. The van der Waals surface area contributed by atoms with Crippen molar-refractivity contribution in [3.8, 4) is 5.75 Å². The number of amides is 3. The summed E-state index contributed by atoms with van der Waals surface area (Å²) in [6.45, 7) is 10.1. The van der Waals surface area contributed by atoms with Crippen LogP contribution in [-0.4, -0.2) is 125 Å². The highest BCUT2D eigenvalue weighted by Gasteiger charge is 2.59. The van der Waals surface area contributed by atoms with Gasteiger partial charge in [0.25, 0.3) is 5.91 Å². The van der Waals surface area contributed by atoms with E-state index in [0.717, 1.165) is 74.6 Å². The number of rotatable bonds is 4. The number of aliphatic hydroxyl groups is 1. The second kappa shape index (κ2) is 14.1. The second-order valence-corrected chi connectivity index (χ2v) is 17.7. The van der Waals surface area contributed by atoms with Gasteiger partial charge in [0.05, 0.1) is 16.8 Å². The molecular weight excluding hydrogens is 693 g/mol. The molecule has 11 nitrogen and oxygen atoms in total. The average molecular weight is 749 g/mol. The summed E-state index contributed by atoms with van der Waals surface area (Å²) in [4.78, 5) is 56.1.